The Hall–Kier alpha value is -0.540. The molecule has 0 saturated heterocycles. The Labute approximate surface area is 126 Å². The van der Waals surface area contributed by atoms with Crippen molar-refractivity contribution in [1.82, 2.24) is 5.32 Å². The minimum absolute atomic E-state index is 0.167. The van der Waals surface area contributed by atoms with Crippen molar-refractivity contribution in [3.8, 4) is 0 Å². The van der Waals surface area contributed by atoms with Crippen LogP contribution in [0.4, 0.5) is 0 Å². The fourth-order valence-electron chi connectivity index (χ4n) is 2.17. The molecule has 0 aliphatic rings. The Kier molecular flexibility index (Phi) is 9.15. The number of nitrogens with two attached hydrogens (primary N) is 2. The van der Waals surface area contributed by atoms with Crippen LogP contribution in [0, 0.1) is 0 Å². The quantitative estimate of drug-likeness (QED) is 0.507. The number of hydrogen-bond acceptors (Lipinski definition) is 3. The molecule has 0 radical (unpaired) electrons. The monoisotopic (exact) mass is 283 g/mol. The molecule has 5 N–H and O–H groups in total. The Morgan fingerprint density at radius 1 is 1.10 bits per heavy atom. The van der Waals surface area contributed by atoms with E-state index in [9.17, 15) is 0 Å². The SMILES string of the molecule is CCC/C=C(\N)C(C)(N)CCC(C)(CC)NCCCC. The van der Waals surface area contributed by atoms with Crippen LogP contribution in [0.15, 0.2) is 11.8 Å². The molecule has 0 spiro atoms. The molecule has 0 rings (SSSR count). The van der Waals surface area contributed by atoms with Gasteiger partial charge in [-0.3, -0.25) is 0 Å². The van der Waals surface area contributed by atoms with Crippen LogP contribution in [0.5, 0.6) is 0 Å². The lowest BCUT2D eigenvalue weighted by Crippen LogP contribution is -2.47. The standard InChI is InChI=1S/C17H37N3/c1-6-9-11-15(18)17(5,19)13-12-16(4,8-3)20-14-10-7-2/h11,20H,6-10,12-14,18-19H2,1-5H3/b15-11-. The third-order valence-electron chi connectivity index (χ3n) is 4.37. The molecule has 0 aromatic rings. The van der Waals surface area contributed by atoms with Gasteiger partial charge in [0.25, 0.3) is 0 Å². The van der Waals surface area contributed by atoms with Gasteiger partial charge in [-0.25, -0.2) is 0 Å². The van der Waals surface area contributed by atoms with Crippen LogP contribution in [-0.4, -0.2) is 17.6 Å². The summed E-state index contributed by atoms with van der Waals surface area (Å²) in [6.07, 6.45) is 9.77. The first-order valence-electron chi connectivity index (χ1n) is 8.31. The molecule has 0 bridgehead atoms. The average Bonchev–Trinajstić information content (AvgIpc) is 2.43. The predicted octanol–water partition coefficient (Wildman–Crippen LogP) is 3.69. The van der Waals surface area contributed by atoms with Crippen LogP contribution >= 0.6 is 0 Å². The summed E-state index contributed by atoms with van der Waals surface area (Å²) in [5, 5.41) is 3.69. The maximum Gasteiger partial charge on any atom is 0.0525 e. The minimum Gasteiger partial charge on any atom is -0.401 e. The molecule has 0 aliphatic carbocycles. The van der Waals surface area contributed by atoms with Crippen LogP contribution < -0.4 is 16.8 Å². The number of nitrogens with one attached hydrogen (secondary N) is 1. The van der Waals surface area contributed by atoms with E-state index < -0.39 is 5.54 Å². The molecule has 120 valence electrons. The molecular formula is C17H37N3. The van der Waals surface area contributed by atoms with Crippen LogP contribution in [0.3, 0.4) is 0 Å². The van der Waals surface area contributed by atoms with Gasteiger partial charge in [-0.15, -0.1) is 0 Å². The molecular weight excluding hydrogens is 246 g/mol. The number of hydrogen-bond donors (Lipinski definition) is 3. The van der Waals surface area contributed by atoms with Crippen molar-refractivity contribution in [3.63, 3.8) is 0 Å². The molecule has 0 aromatic carbocycles. The van der Waals surface area contributed by atoms with Gasteiger partial charge in [-0.05, 0) is 52.5 Å². The summed E-state index contributed by atoms with van der Waals surface area (Å²) in [5.41, 5.74) is 13.2. The van der Waals surface area contributed by atoms with E-state index in [-0.39, 0.29) is 5.54 Å². The lowest BCUT2D eigenvalue weighted by molar-refractivity contribution is 0.286. The zero-order valence-electron chi connectivity index (χ0n) is 14.4. The van der Waals surface area contributed by atoms with Crippen LogP contribution in [0.2, 0.25) is 0 Å². The maximum absolute atomic E-state index is 6.40. The zero-order chi connectivity index (χ0) is 15.6. The van der Waals surface area contributed by atoms with E-state index in [4.69, 9.17) is 11.5 Å². The second-order valence-electron chi connectivity index (χ2n) is 6.56. The molecule has 3 nitrogen and oxygen atoms in total. The molecule has 2 atom stereocenters. The number of allylic oxidation sites excluding steroid dienone is 1. The van der Waals surface area contributed by atoms with E-state index in [0.717, 1.165) is 44.3 Å². The molecule has 0 fully saturated rings. The summed E-state index contributed by atoms with van der Waals surface area (Å²) in [5.74, 6) is 0. The second kappa shape index (κ2) is 9.41. The van der Waals surface area contributed by atoms with Crippen molar-refractivity contribution in [3.05, 3.63) is 11.8 Å². The molecule has 3 heteroatoms. The third-order valence-corrected chi connectivity index (χ3v) is 4.37. The Morgan fingerprint density at radius 2 is 1.75 bits per heavy atom. The highest BCUT2D eigenvalue weighted by molar-refractivity contribution is 5.14. The Balaban J connectivity index is 4.45. The van der Waals surface area contributed by atoms with E-state index in [1.54, 1.807) is 0 Å². The van der Waals surface area contributed by atoms with Crippen molar-refractivity contribution in [2.24, 2.45) is 11.5 Å². The summed E-state index contributed by atoms with van der Waals surface area (Å²) in [6, 6.07) is 0. The molecule has 0 saturated carbocycles. The van der Waals surface area contributed by atoms with Crippen LogP contribution in [0.1, 0.15) is 79.6 Å². The van der Waals surface area contributed by atoms with Gasteiger partial charge in [0.2, 0.25) is 0 Å². The van der Waals surface area contributed by atoms with Gasteiger partial charge in [0.1, 0.15) is 0 Å². The zero-order valence-corrected chi connectivity index (χ0v) is 14.4. The normalized spacial score (nSPS) is 18.6. The highest BCUT2D eigenvalue weighted by Crippen LogP contribution is 2.24. The molecule has 2 unspecified atom stereocenters. The second-order valence-corrected chi connectivity index (χ2v) is 6.56. The fraction of sp³-hybridized carbons (Fsp3) is 0.882. The van der Waals surface area contributed by atoms with Gasteiger partial charge in [0, 0.05) is 11.2 Å². The van der Waals surface area contributed by atoms with Gasteiger partial charge in [0.05, 0.1) is 5.54 Å². The highest BCUT2D eigenvalue weighted by atomic mass is 15.0. The summed E-state index contributed by atoms with van der Waals surface area (Å²) >= 11 is 0. The molecule has 20 heavy (non-hydrogen) atoms. The van der Waals surface area contributed by atoms with E-state index >= 15 is 0 Å². The van der Waals surface area contributed by atoms with E-state index in [1.807, 2.05) is 0 Å². The van der Waals surface area contributed by atoms with E-state index in [1.165, 1.54) is 12.8 Å². The molecule has 0 aromatic heterocycles. The topological polar surface area (TPSA) is 64.1 Å². The van der Waals surface area contributed by atoms with Gasteiger partial charge in [0.15, 0.2) is 0 Å². The fourth-order valence-corrected chi connectivity index (χ4v) is 2.17. The molecule has 0 aliphatic heterocycles. The Morgan fingerprint density at radius 3 is 2.25 bits per heavy atom. The Bertz CT molecular complexity index is 284. The summed E-state index contributed by atoms with van der Waals surface area (Å²) in [7, 11) is 0. The minimum atomic E-state index is -0.391. The number of rotatable bonds is 11. The predicted molar refractivity (Wildman–Crippen MR) is 90.6 cm³/mol. The van der Waals surface area contributed by atoms with Gasteiger partial charge in [-0.2, -0.15) is 0 Å². The van der Waals surface area contributed by atoms with Crippen molar-refractivity contribution < 1.29 is 0 Å². The van der Waals surface area contributed by atoms with Gasteiger partial charge >= 0.3 is 0 Å². The lowest BCUT2D eigenvalue weighted by atomic mass is 9.84. The van der Waals surface area contributed by atoms with Crippen LogP contribution in [-0.2, 0) is 0 Å². The smallest absolute Gasteiger partial charge is 0.0525 e. The lowest BCUT2D eigenvalue weighted by Gasteiger charge is -2.34. The first-order chi connectivity index (χ1) is 9.31. The van der Waals surface area contributed by atoms with Crippen molar-refractivity contribution in [2.75, 3.05) is 6.54 Å². The van der Waals surface area contributed by atoms with Crippen molar-refractivity contribution in [1.29, 1.82) is 0 Å². The highest BCUT2D eigenvalue weighted by Gasteiger charge is 2.28. The summed E-state index contributed by atoms with van der Waals surface area (Å²) in [4.78, 5) is 0. The third kappa shape index (κ3) is 7.30. The molecule has 0 amide bonds. The van der Waals surface area contributed by atoms with Crippen molar-refractivity contribution >= 4 is 0 Å². The first-order valence-corrected chi connectivity index (χ1v) is 8.31. The first kappa shape index (κ1) is 19.5. The summed E-state index contributed by atoms with van der Waals surface area (Å²) < 4.78 is 0. The van der Waals surface area contributed by atoms with E-state index in [2.05, 4.69) is 46.0 Å². The van der Waals surface area contributed by atoms with Gasteiger partial charge in [-0.1, -0.05) is 39.7 Å². The van der Waals surface area contributed by atoms with Crippen molar-refractivity contribution in [2.45, 2.75) is 90.6 Å². The van der Waals surface area contributed by atoms with E-state index in [0.29, 0.717) is 0 Å². The van der Waals surface area contributed by atoms with Gasteiger partial charge < -0.3 is 16.8 Å². The summed E-state index contributed by atoms with van der Waals surface area (Å²) in [6.45, 7) is 12.1. The maximum atomic E-state index is 6.40. The average molecular weight is 284 g/mol. The van der Waals surface area contributed by atoms with Crippen LogP contribution in [0.25, 0.3) is 0 Å². The molecule has 0 heterocycles. The number of unbranched alkanes of at least 4 members (excludes halogenated alkanes) is 2. The largest absolute Gasteiger partial charge is 0.401 e.